The van der Waals surface area contributed by atoms with Crippen LogP contribution in [0.4, 0.5) is 8.78 Å². The number of benzene rings is 3. The Hall–Kier alpha value is -3.26. The lowest BCUT2D eigenvalue weighted by Gasteiger charge is -2.07. The second-order valence-electron chi connectivity index (χ2n) is 11.9. The van der Waals surface area contributed by atoms with Crippen molar-refractivity contribution in [3.63, 3.8) is 0 Å². The summed E-state index contributed by atoms with van der Waals surface area (Å²) >= 11 is 4.32. The average Bonchev–Trinajstić information content (AvgIpc) is 3.76. The van der Waals surface area contributed by atoms with Gasteiger partial charge in [-0.25, -0.2) is 8.78 Å². The highest BCUT2D eigenvalue weighted by Gasteiger charge is 2.18. The molecule has 6 aromatic rings. The topological polar surface area (TPSA) is 25.8 Å². The summed E-state index contributed by atoms with van der Waals surface area (Å²) < 4.78 is 39.5. The Balaban J connectivity index is 1.26. The van der Waals surface area contributed by atoms with Gasteiger partial charge in [-0.3, -0.25) is 0 Å². The minimum Gasteiger partial charge on any atom is -0.206 e. The fraction of sp³-hybridized carbons (Fsp3) is 0.278. The second-order valence-corrected chi connectivity index (χ2v) is 14.6. The maximum Gasteiger partial charge on any atom is 0.132 e. The van der Waals surface area contributed by atoms with E-state index >= 15 is 8.78 Å². The van der Waals surface area contributed by atoms with Gasteiger partial charge in [-0.05, 0) is 85.0 Å². The number of nitrogens with zero attached hydrogens (tertiary/aromatic N) is 2. The highest BCUT2D eigenvalue weighted by Crippen LogP contribution is 2.43. The van der Waals surface area contributed by atoms with E-state index in [4.69, 9.17) is 0 Å². The molecule has 0 unspecified atom stereocenters. The van der Waals surface area contributed by atoms with Gasteiger partial charge in [-0.2, -0.15) is 8.75 Å². The Morgan fingerprint density at radius 2 is 0.907 bits per heavy atom. The number of fused-ring (bicyclic) bond motifs is 1. The summed E-state index contributed by atoms with van der Waals surface area (Å²) in [4.78, 5) is 3.83. The molecule has 0 aliphatic rings. The average molecular weight is 629 g/mol. The Morgan fingerprint density at radius 3 is 1.28 bits per heavy atom. The van der Waals surface area contributed by atoms with Gasteiger partial charge in [0, 0.05) is 41.8 Å². The molecule has 0 saturated heterocycles. The predicted molar refractivity (Wildman–Crippen MR) is 181 cm³/mol. The predicted octanol–water partition coefficient (Wildman–Crippen LogP) is 11.9. The minimum absolute atomic E-state index is 0.180. The van der Waals surface area contributed by atoms with E-state index in [1.165, 1.54) is 11.7 Å². The first kappa shape index (κ1) is 29.8. The zero-order chi connectivity index (χ0) is 30.1. The lowest BCUT2D eigenvalue weighted by molar-refractivity contribution is 0.582. The third-order valence-corrected chi connectivity index (χ3v) is 10.6. The number of hydrogen-bond donors (Lipinski definition) is 0. The zero-order valence-electron chi connectivity index (χ0n) is 24.8. The first-order valence-corrected chi connectivity index (χ1v) is 17.2. The fourth-order valence-corrected chi connectivity index (χ4v) is 7.95. The first-order chi connectivity index (χ1) is 20.8. The molecule has 6 rings (SSSR count). The van der Waals surface area contributed by atoms with Gasteiger partial charge < -0.3 is 0 Å². The molecular weight excluding hydrogens is 595 g/mol. The van der Waals surface area contributed by atoms with Crippen LogP contribution in [-0.4, -0.2) is 8.75 Å². The first-order valence-electron chi connectivity index (χ1n) is 14.8. The van der Waals surface area contributed by atoms with Crippen molar-refractivity contribution in [2.24, 2.45) is 11.8 Å². The summed E-state index contributed by atoms with van der Waals surface area (Å²) in [5, 5.41) is 0. The van der Waals surface area contributed by atoms with Gasteiger partial charge in [0.2, 0.25) is 0 Å². The van der Waals surface area contributed by atoms with Crippen molar-refractivity contribution >= 4 is 45.4 Å². The van der Waals surface area contributed by atoms with Crippen LogP contribution < -0.4 is 0 Å². The van der Waals surface area contributed by atoms with Crippen LogP contribution in [0.25, 0.3) is 52.8 Å². The number of rotatable bonds is 10. The summed E-state index contributed by atoms with van der Waals surface area (Å²) in [6, 6.07) is 23.4. The van der Waals surface area contributed by atoms with Crippen molar-refractivity contribution in [3.05, 3.63) is 95.6 Å². The quantitative estimate of drug-likeness (QED) is 0.151. The molecule has 0 bridgehead atoms. The molecule has 3 aromatic heterocycles. The van der Waals surface area contributed by atoms with Crippen LogP contribution >= 0.6 is 34.4 Å². The van der Waals surface area contributed by atoms with Gasteiger partial charge in [0.1, 0.15) is 22.7 Å². The third-order valence-electron chi connectivity index (χ3n) is 7.78. The van der Waals surface area contributed by atoms with Gasteiger partial charge in [-0.1, -0.05) is 64.1 Å². The monoisotopic (exact) mass is 628 g/mol. The minimum atomic E-state index is -0.180. The van der Waals surface area contributed by atoms with Crippen LogP contribution in [0.3, 0.4) is 0 Å². The van der Waals surface area contributed by atoms with Gasteiger partial charge in [0.05, 0.1) is 11.7 Å². The summed E-state index contributed by atoms with van der Waals surface area (Å²) in [5.74, 6) is 0.821. The Bertz CT molecular complexity index is 1750. The standard InChI is InChI=1S/C36H34F2N2S3/c1-21(2)5-7-23-9-11-25(29(37)19-23)31-15-17-33(41-31)27-13-14-28(36-35(27)39-43-40-36)34-18-16-32(42-34)26-12-10-24(20-30(26)38)8-6-22(3)4/h9-22H,5-8H2,1-4H3. The van der Waals surface area contributed by atoms with Crippen LogP contribution in [0.1, 0.15) is 51.7 Å². The van der Waals surface area contributed by atoms with Crippen molar-refractivity contribution < 1.29 is 8.78 Å². The molecule has 0 aliphatic carbocycles. The van der Waals surface area contributed by atoms with E-state index in [1.54, 1.807) is 34.8 Å². The molecule has 43 heavy (non-hydrogen) atoms. The smallest absolute Gasteiger partial charge is 0.132 e. The van der Waals surface area contributed by atoms with Gasteiger partial charge in [0.15, 0.2) is 0 Å². The molecule has 0 radical (unpaired) electrons. The van der Waals surface area contributed by atoms with Crippen LogP contribution in [0.15, 0.2) is 72.8 Å². The van der Waals surface area contributed by atoms with Crippen LogP contribution in [0.5, 0.6) is 0 Å². The SMILES string of the molecule is CC(C)CCc1ccc(-c2ccc(-c3ccc(-c4ccc(-c5ccc(CCC(C)C)cc5F)s4)c4nsnc34)s2)c(F)c1. The van der Waals surface area contributed by atoms with E-state index in [9.17, 15) is 0 Å². The molecule has 0 saturated carbocycles. The van der Waals surface area contributed by atoms with Gasteiger partial charge >= 0.3 is 0 Å². The zero-order valence-corrected chi connectivity index (χ0v) is 27.2. The molecule has 0 aliphatic heterocycles. The van der Waals surface area contributed by atoms with Crippen molar-refractivity contribution in [3.8, 4) is 41.8 Å². The van der Waals surface area contributed by atoms with Crippen molar-refractivity contribution in [2.75, 3.05) is 0 Å². The Kier molecular flexibility index (Phi) is 8.85. The highest BCUT2D eigenvalue weighted by atomic mass is 32.1. The Morgan fingerprint density at radius 1 is 0.535 bits per heavy atom. The molecule has 0 atom stereocenters. The second kappa shape index (κ2) is 12.8. The molecule has 7 heteroatoms. The van der Waals surface area contributed by atoms with Gasteiger partial charge in [-0.15, -0.1) is 22.7 Å². The lowest BCUT2D eigenvalue weighted by Crippen LogP contribution is -1.93. The van der Waals surface area contributed by atoms with Crippen LogP contribution in [0, 0.1) is 23.5 Å². The van der Waals surface area contributed by atoms with Crippen molar-refractivity contribution in [2.45, 2.75) is 53.4 Å². The highest BCUT2D eigenvalue weighted by molar-refractivity contribution is 7.19. The summed E-state index contributed by atoms with van der Waals surface area (Å²) in [6.45, 7) is 8.75. The number of halogens is 2. The molecule has 3 heterocycles. The molecule has 0 fully saturated rings. The molecule has 3 aromatic carbocycles. The molecule has 0 spiro atoms. The fourth-order valence-electron chi connectivity index (χ4n) is 5.26. The molecule has 0 amide bonds. The van der Waals surface area contributed by atoms with E-state index in [0.29, 0.717) is 23.0 Å². The maximum atomic E-state index is 15.1. The van der Waals surface area contributed by atoms with Crippen molar-refractivity contribution in [1.29, 1.82) is 0 Å². The number of hydrogen-bond acceptors (Lipinski definition) is 5. The molecule has 2 nitrogen and oxygen atoms in total. The molecular formula is C36H34F2N2S3. The number of aryl methyl sites for hydroxylation is 2. The number of aromatic nitrogens is 2. The normalized spacial score (nSPS) is 11.8. The summed E-state index contributed by atoms with van der Waals surface area (Å²) in [7, 11) is 0. The Labute approximate surface area is 264 Å². The van der Waals surface area contributed by atoms with Crippen LogP contribution in [0.2, 0.25) is 0 Å². The van der Waals surface area contributed by atoms with E-state index in [0.717, 1.165) is 78.5 Å². The van der Waals surface area contributed by atoms with Gasteiger partial charge in [0.25, 0.3) is 0 Å². The molecule has 0 N–H and O–H groups in total. The van der Waals surface area contributed by atoms with E-state index < -0.39 is 0 Å². The molecule has 220 valence electrons. The number of thiophene rings is 2. The van der Waals surface area contributed by atoms with Crippen LogP contribution in [-0.2, 0) is 12.8 Å². The van der Waals surface area contributed by atoms with Crippen molar-refractivity contribution in [1.82, 2.24) is 8.75 Å². The van der Waals surface area contributed by atoms with E-state index in [-0.39, 0.29) is 11.6 Å². The summed E-state index contributed by atoms with van der Waals surface area (Å²) in [6.07, 6.45) is 3.87. The third kappa shape index (κ3) is 6.49. The lowest BCUT2D eigenvalue weighted by atomic mass is 10.0. The summed E-state index contributed by atoms with van der Waals surface area (Å²) in [5.41, 5.74) is 6.95. The van der Waals surface area contributed by atoms with E-state index in [1.807, 2.05) is 48.5 Å². The maximum absolute atomic E-state index is 15.1. The van der Waals surface area contributed by atoms with E-state index in [2.05, 4.69) is 48.6 Å². The largest absolute Gasteiger partial charge is 0.206 e.